The smallest absolute Gasteiger partial charge is 0.224 e. The summed E-state index contributed by atoms with van der Waals surface area (Å²) < 4.78 is 0.877. The van der Waals surface area contributed by atoms with Crippen LogP contribution < -0.4 is 10.2 Å². The Labute approximate surface area is 200 Å². The van der Waals surface area contributed by atoms with Gasteiger partial charge in [0.1, 0.15) is 0 Å². The van der Waals surface area contributed by atoms with Crippen LogP contribution in [0, 0.1) is 11.3 Å². The molecule has 1 aliphatic heterocycles. The topological polar surface area (TPSA) is 49.4 Å². The minimum atomic E-state index is -0.654. The second-order valence-corrected chi connectivity index (χ2v) is 10.6. The molecule has 0 radical (unpaired) electrons. The van der Waals surface area contributed by atoms with Crippen LogP contribution in [0.25, 0.3) is 0 Å². The highest BCUT2D eigenvalue weighted by molar-refractivity contribution is 9.10. The van der Waals surface area contributed by atoms with Crippen molar-refractivity contribution < 1.29 is 9.59 Å². The molecule has 1 amide bonds. The van der Waals surface area contributed by atoms with Gasteiger partial charge in [0.15, 0.2) is 5.78 Å². The molecule has 0 fully saturated rings. The van der Waals surface area contributed by atoms with Crippen molar-refractivity contribution in [2.45, 2.75) is 40.2 Å². The van der Waals surface area contributed by atoms with E-state index in [-0.39, 0.29) is 23.0 Å². The molecule has 2 aliphatic rings. The largest absolute Gasteiger partial charge is 0.357 e. The number of rotatable bonds is 1. The number of halogens is 3. The number of benzene rings is 2. The first kappa shape index (κ1) is 22.4. The maximum Gasteiger partial charge on any atom is 0.224 e. The molecule has 0 aromatic heterocycles. The van der Waals surface area contributed by atoms with Crippen LogP contribution in [0.15, 0.2) is 52.1 Å². The van der Waals surface area contributed by atoms with Crippen molar-refractivity contribution in [1.29, 1.82) is 0 Å². The first-order chi connectivity index (χ1) is 14.5. The molecule has 1 aliphatic carbocycles. The van der Waals surface area contributed by atoms with E-state index in [4.69, 9.17) is 23.2 Å². The average Bonchev–Trinajstić information content (AvgIpc) is 2.79. The van der Waals surface area contributed by atoms with Crippen LogP contribution in [-0.2, 0) is 9.59 Å². The Kier molecular flexibility index (Phi) is 5.74. The zero-order valence-electron chi connectivity index (χ0n) is 17.7. The number of allylic oxidation sites excluding steroid dienone is 1. The van der Waals surface area contributed by atoms with Gasteiger partial charge in [-0.15, -0.1) is 0 Å². The molecule has 2 aromatic carbocycles. The fourth-order valence-corrected chi connectivity index (χ4v) is 5.34. The van der Waals surface area contributed by atoms with Crippen molar-refractivity contribution in [2.75, 3.05) is 10.2 Å². The summed E-state index contributed by atoms with van der Waals surface area (Å²) in [6.07, 6.45) is 0.675. The third kappa shape index (κ3) is 3.81. The Bertz CT molecular complexity index is 1140. The lowest BCUT2D eigenvalue weighted by Gasteiger charge is -2.40. The van der Waals surface area contributed by atoms with Crippen LogP contribution in [0.5, 0.6) is 0 Å². The highest BCUT2D eigenvalue weighted by Crippen LogP contribution is 2.51. The monoisotopic (exact) mass is 520 g/mol. The minimum Gasteiger partial charge on any atom is -0.357 e. The number of hydrogen-bond donors (Lipinski definition) is 1. The number of ketones is 1. The quantitative estimate of drug-likeness (QED) is 0.433. The second kappa shape index (κ2) is 7.95. The maximum atomic E-state index is 13.8. The van der Waals surface area contributed by atoms with Gasteiger partial charge in [0.25, 0.3) is 0 Å². The highest BCUT2D eigenvalue weighted by atomic mass is 79.9. The van der Waals surface area contributed by atoms with Crippen LogP contribution in [0.3, 0.4) is 0 Å². The van der Waals surface area contributed by atoms with E-state index in [1.54, 1.807) is 23.1 Å². The number of nitrogens with zero attached hydrogens (tertiary/aromatic N) is 1. The van der Waals surface area contributed by atoms with Crippen LogP contribution in [0.2, 0.25) is 10.0 Å². The van der Waals surface area contributed by atoms with Gasteiger partial charge in [0, 0.05) is 38.6 Å². The lowest BCUT2D eigenvalue weighted by atomic mass is 9.66. The Hall–Kier alpha value is -1.82. The number of carbonyl (C=O) groups excluding carboxylic acids is 2. The third-order valence-electron chi connectivity index (χ3n) is 6.42. The van der Waals surface area contributed by atoms with E-state index < -0.39 is 6.04 Å². The predicted molar refractivity (Wildman–Crippen MR) is 130 cm³/mol. The number of fused-ring (bicyclic) bond motifs is 1. The van der Waals surface area contributed by atoms with E-state index in [0.717, 1.165) is 15.9 Å². The summed E-state index contributed by atoms with van der Waals surface area (Å²) in [6, 6.07) is 10.2. The lowest BCUT2D eigenvalue weighted by molar-refractivity contribution is -0.123. The van der Waals surface area contributed by atoms with E-state index in [2.05, 4.69) is 35.1 Å². The minimum absolute atomic E-state index is 0.0212. The van der Waals surface area contributed by atoms with Crippen molar-refractivity contribution in [1.82, 2.24) is 0 Å². The second-order valence-electron chi connectivity index (χ2n) is 8.89. The molecule has 2 unspecified atom stereocenters. The standard InChI is InChI=1S/C24H23BrCl2N2O2/c1-12-23(31)21-19(11-24(12,3)4)28-18-9-14(25)5-8-20(18)29(13(2)30)22(21)16-7-6-15(26)10-17(16)27/h5-10,12,22,28H,11H2,1-4H3. The molecule has 2 aromatic rings. The van der Waals surface area contributed by atoms with E-state index in [1.165, 1.54) is 6.92 Å². The summed E-state index contributed by atoms with van der Waals surface area (Å²) in [5, 5.41) is 4.41. The van der Waals surface area contributed by atoms with Crippen LogP contribution in [0.4, 0.5) is 11.4 Å². The molecule has 0 saturated heterocycles. The molecular weight excluding hydrogens is 499 g/mol. The van der Waals surface area contributed by atoms with Crippen LogP contribution >= 0.6 is 39.1 Å². The molecule has 0 bridgehead atoms. The first-order valence-corrected chi connectivity index (χ1v) is 11.6. The van der Waals surface area contributed by atoms with E-state index >= 15 is 0 Å². The molecule has 4 nitrogen and oxygen atoms in total. The van der Waals surface area contributed by atoms with Crippen LogP contribution in [-0.4, -0.2) is 11.7 Å². The van der Waals surface area contributed by atoms with Gasteiger partial charge in [-0.2, -0.15) is 0 Å². The summed E-state index contributed by atoms with van der Waals surface area (Å²) in [5.74, 6) is -0.364. The van der Waals surface area contributed by atoms with Crippen molar-refractivity contribution in [3.63, 3.8) is 0 Å². The number of carbonyl (C=O) groups is 2. The van der Waals surface area contributed by atoms with Gasteiger partial charge < -0.3 is 5.32 Å². The molecule has 1 heterocycles. The molecule has 0 spiro atoms. The molecule has 1 N–H and O–H groups in total. The summed E-state index contributed by atoms with van der Waals surface area (Å²) in [4.78, 5) is 28.5. The lowest BCUT2D eigenvalue weighted by Crippen LogP contribution is -2.42. The predicted octanol–water partition coefficient (Wildman–Crippen LogP) is 7.16. The number of Topliss-reactive ketones (excluding diaryl/α,β-unsaturated/α-hetero) is 1. The van der Waals surface area contributed by atoms with E-state index in [0.29, 0.717) is 33.3 Å². The van der Waals surface area contributed by atoms with Crippen molar-refractivity contribution in [3.8, 4) is 0 Å². The molecule has 4 rings (SSSR count). The number of anilines is 2. The van der Waals surface area contributed by atoms with E-state index in [1.807, 2.05) is 25.1 Å². The number of hydrogen-bond acceptors (Lipinski definition) is 3. The zero-order valence-corrected chi connectivity index (χ0v) is 20.8. The van der Waals surface area contributed by atoms with Gasteiger partial charge in [-0.05, 0) is 47.7 Å². The first-order valence-electron chi connectivity index (χ1n) is 10.1. The summed E-state index contributed by atoms with van der Waals surface area (Å²) in [6.45, 7) is 7.66. The number of amides is 1. The Morgan fingerprint density at radius 2 is 1.90 bits per heavy atom. The van der Waals surface area contributed by atoms with Crippen LogP contribution in [0.1, 0.15) is 45.7 Å². The Balaban J connectivity index is 2.07. The summed E-state index contributed by atoms with van der Waals surface area (Å²) >= 11 is 16.3. The Morgan fingerprint density at radius 3 is 2.55 bits per heavy atom. The molecule has 31 heavy (non-hydrogen) atoms. The summed E-state index contributed by atoms with van der Waals surface area (Å²) in [5.41, 5.74) is 3.31. The van der Waals surface area contributed by atoms with Gasteiger partial charge in [0.2, 0.25) is 5.91 Å². The van der Waals surface area contributed by atoms with Gasteiger partial charge >= 0.3 is 0 Å². The highest BCUT2D eigenvalue weighted by Gasteiger charge is 2.46. The van der Waals surface area contributed by atoms with Gasteiger partial charge in [-0.3, -0.25) is 14.5 Å². The van der Waals surface area contributed by atoms with Crippen molar-refractivity contribution >= 4 is 62.2 Å². The number of nitrogens with one attached hydrogen (secondary N) is 1. The van der Waals surface area contributed by atoms with Gasteiger partial charge in [0.05, 0.1) is 17.4 Å². The van der Waals surface area contributed by atoms with Gasteiger partial charge in [-0.1, -0.05) is 66.0 Å². The summed E-state index contributed by atoms with van der Waals surface area (Å²) in [7, 11) is 0. The van der Waals surface area contributed by atoms with Crippen molar-refractivity contribution in [2.24, 2.45) is 11.3 Å². The van der Waals surface area contributed by atoms with Crippen molar-refractivity contribution in [3.05, 3.63) is 67.7 Å². The molecule has 7 heteroatoms. The fourth-order valence-electron chi connectivity index (χ4n) is 4.47. The third-order valence-corrected chi connectivity index (χ3v) is 7.48. The Morgan fingerprint density at radius 1 is 1.19 bits per heavy atom. The van der Waals surface area contributed by atoms with E-state index in [9.17, 15) is 9.59 Å². The molecule has 0 saturated carbocycles. The molecule has 2 atom stereocenters. The molecular formula is C24H23BrCl2N2O2. The SMILES string of the molecule is CC(=O)N1c2ccc(Br)cc2NC2=C(C(=O)C(C)C(C)(C)C2)C1c1ccc(Cl)cc1Cl. The molecule has 162 valence electrons. The zero-order chi connectivity index (χ0) is 22.7. The average molecular weight is 522 g/mol. The van der Waals surface area contributed by atoms with Gasteiger partial charge in [-0.25, -0.2) is 0 Å². The fraction of sp³-hybridized carbons (Fsp3) is 0.333. The maximum absolute atomic E-state index is 13.8. The normalized spacial score (nSPS) is 22.4.